The van der Waals surface area contributed by atoms with Crippen molar-refractivity contribution in [2.24, 2.45) is 0 Å². The van der Waals surface area contributed by atoms with Gasteiger partial charge in [-0.15, -0.1) is 0 Å². The Hall–Kier alpha value is -2.70. The van der Waals surface area contributed by atoms with Crippen LogP contribution in [0.2, 0.25) is 25.7 Å². The summed E-state index contributed by atoms with van der Waals surface area (Å²) in [5.74, 6) is -0.0408. The number of carbonyl (C=O) groups excluding carboxylic acids is 1. The van der Waals surface area contributed by atoms with Gasteiger partial charge in [0.1, 0.15) is 18.4 Å². The minimum Gasteiger partial charge on any atom is -0.471 e. The summed E-state index contributed by atoms with van der Waals surface area (Å²) in [6.45, 7) is 10.7. The lowest BCUT2D eigenvalue weighted by molar-refractivity contribution is 0.0881. The number of hydrogen-bond donors (Lipinski definition) is 2. The summed E-state index contributed by atoms with van der Waals surface area (Å²) in [5, 5.41) is 12.1. The molecule has 0 bridgehead atoms. The summed E-state index contributed by atoms with van der Waals surface area (Å²) >= 11 is 0. The molecule has 2 aromatic heterocycles. The molecule has 0 saturated carbocycles. The number of carbonyl (C=O) groups is 2. The highest BCUT2D eigenvalue weighted by molar-refractivity contribution is 6.76. The molecule has 1 aliphatic rings. The maximum atomic E-state index is 13.0. The first-order valence-corrected chi connectivity index (χ1v) is 15.2. The molecule has 3 heterocycles. The van der Waals surface area contributed by atoms with Gasteiger partial charge >= 0.3 is 6.09 Å². The second kappa shape index (κ2) is 11.1. The van der Waals surface area contributed by atoms with Gasteiger partial charge in [0.15, 0.2) is 5.65 Å². The normalized spacial score (nSPS) is 17.2. The molecule has 188 valence electrons. The van der Waals surface area contributed by atoms with Crippen LogP contribution in [0.1, 0.15) is 23.7 Å². The maximum absolute atomic E-state index is 13.0. The third kappa shape index (κ3) is 6.90. The van der Waals surface area contributed by atoms with Crippen LogP contribution in [-0.2, 0) is 16.2 Å². The lowest BCUT2D eigenvalue weighted by Gasteiger charge is -2.15. The molecule has 11 nitrogen and oxygen atoms in total. The number of hydrogen-bond acceptors (Lipinski definition) is 7. The number of nitrogens with one attached hydrogen (secondary N) is 1. The van der Waals surface area contributed by atoms with E-state index >= 15 is 0 Å². The minimum atomic E-state index is -1.22. The van der Waals surface area contributed by atoms with Gasteiger partial charge in [-0.3, -0.25) is 4.79 Å². The van der Waals surface area contributed by atoms with E-state index in [0.717, 1.165) is 6.04 Å². The fourth-order valence-corrected chi connectivity index (χ4v) is 4.42. The number of rotatable bonds is 11. The predicted molar refractivity (Wildman–Crippen MR) is 129 cm³/mol. The standard InChI is InChI=1S/C22H35N5O6Si/c1-15(13-31-2)24-21(28)17-12-27(14-32-8-9-34(3,4)5)20-19(17)25-18(10-23-20)33-16-6-7-26(11-16)22(29)30/h10,12,15-16H,6-9,11,13-14H2,1-5H3,(H,24,28)(H,29,30). The number of fused-ring (bicyclic) bond motifs is 1. The summed E-state index contributed by atoms with van der Waals surface area (Å²) in [6, 6.07) is 0.851. The van der Waals surface area contributed by atoms with E-state index in [1.165, 1.54) is 11.1 Å². The van der Waals surface area contributed by atoms with Gasteiger partial charge in [-0.2, -0.15) is 0 Å². The highest BCUT2D eigenvalue weighted by Crippen LogP contribution is 2.23. The van der Waals surface area contributed by atoms with E-state index in [0.29, 0.717) is 42.9 Å². The van der Waals surface area contributed by atoms with Crippen LogP contribution in [0.3, 0.4) is 0 Å². The van der Waals surface area contributed by atoms with Gasteiger partial charge in [0.25, 0.3) is 5.91 Å². The first-order valence-electron chi connectivity index (χ1n) is 11.5. The molecule has 0 radical (unpaired) electrons. The van der Waals surface area contributed by atoms with Crippen molar-refractivity contribution >= 4 is 31.2 Å². The molecule has 2 amide bonds. The molecule has 2 N–H and O–H groups in total. The van der Waals surface area contributed by atoms with E-state index in [1.807, 2.05) is 6.92 Å². The number of aromatic nitrogens is 3. The van der Waals surface area contributed by atoms with Gasteiger partial charge in [-0.05, 0) is 13.0 Å². The van der Waals surface area contributed by atoms with E-state index in [1.54, 1.807) is 17.9 Å². The monoisotopic (exact) mass is 493 g/mol. The third-order valence-electron chi connectivity index (χ3n) is 5.51. The van der Waals surface area contributed by atoms with Crippen molar-refractivity contribution in [3.05, 3.63) is 18.0 Å². The summed E-state index contributed by atoms with van der Waals surface area (Å²) in [7, 11) is 0.359. The molecular weight excluding hydrogens is 458 g/mol. The Kier molecular flexibility index (Phi) is 8.50. The SMILES string of the molecule is COCC(C)NC(=O)c1cn(COCC[Si](C)(C)C)c2ncc(OC3CCN(C(=O)O)C3)nc12. The van der Waals surface area contributed by atoms with Crippen molar-refractivity contribution in [1.82, 2.24) is 24.8 Å². The number of carboxylic acid groups (broad SMARTS) is 1. The average Bonchev–Trinajstić information content (AvgIpc) is 3.35. The second-order valence-electron chi connectivity index (χ2n) is 9.83. The Morgan fingerprint density at radius 1 is 1.35 bits per heavy atom. The number of methoxy groups -OCH3 is 1. The Bertz CT molecular complexity index is 1010. The molecule has 34 heavy (non-hydrogen) atoms. The van der Waals surface area contributed by atoms with E-state index in [2.05, 4.69) is 34.9 Å². The van der Waals surface area contributed by atoms with Gasteiger partial charge in [0.05, 0.1) is 24.9 Å². The molecule has 1 aliphatic heterocycles. The number of likely N-dealkylation sites (tertiary alicyclic amines) is 1. The quantitative estimate of drug-likeness (QED) is 0.361. The van der Waals surface area contributed by atoms with Crippen molar-refractivity contribution < 1.29 is 28.9 Å². The summed E-state index contributed by atoms with van der Waals surface area (Å²) in [6.07, 6.45) is 2.48. The fourth-order valence-electron chi connectivity index (χ4n) is 3.66. The predicted octanol–water partition coefficient (Wildman–Crippen LogP) is 2.64. The Morgan fingerprint density at radius 3 is 2.76 bits per heavy atom. The Labute approximate surface area is 200 Å². The molecule has 1 saturated heterocycles. The van der Waals surface area contributed by atoms with Crippen LogP contribution in [-0.4, -0.2) is 90.2 Å². The zero-order valence-electron chi connectivity index (χ0n) is 20.5. The van der Waals surface area contributed by atoms with E-state index < -0.39 is 14.2 Å². The largest absolute Gasteiger partial charge is 0.471 e. The smallest absolute Gasteiger partial charge is 0.407 e. The lowest BCUT2D eigenvalue weighted by Crippen LogP contribution is -2.35. The fraction of sp³-hybridized carbons (Fsp3) is 0.636. The molecule has 0 aromatic carbocycles. The van der Waals surface area contributed by atoms with Crippen molar-refractivity contribution in [3.8, 4) is 5.88 Å². The van der Waals surface area contributed by atoms with Crippen LogP contribution in [0.4, 0.5) is 4.79 Å². The molecule has 1 fully saturated rings. The van der Waals surface area contributed by atoms with E-state index in [-0.39, 0.29) is 37.2 Å². The molecule has 12 heteroatoms. The van der Waals surface area contributed by atoms with Crippen LogP contribution in [0.5, 0.6) is 5.88 Å². The number of nitrogens with zero attached hydrogens (tertiary/aromatic N) is 4. The third-order valence-corrected chi connectivity index (χ3v) is 7.22. The molecule has 0 aliphatic carbocycles. The molecular formula is C22H35N5O6Si. The van der Waals surface area contributed by atoms with Crippen molar-refractivity contribution in [1.29, 1.82) is 0 Å². The topological polar surface area (TPSA) is 128 Å². The van der Waals surface area contributed by atoms with Crippen LogP contribution in [0.25, 0.3) is 11.2 Å². The number of amides is 2. The Morgan fingerprint density at radius 2 is 2.12 bits per heavy atom. The molecule has 2 unspecified atom stereocenters. The van der Waals surface area contributed by atoms with Crippen LogP contribution in [0, 0.1) is 0 Å². The second-order valence-corrected chi connectivity index (χ2v) is 15.4. The summed E-state index contributed by atoms with van der Waals surface area (Å²) < 4.78 is 18.7. The minimum absolute atomic E-state index is 0.184. The summed E-state index contributed by atoms with van der Waals surface area (Å²) in [4.78, 5) is 34.5. The molecule has 0 spiro atoms. The van der Waals surface area contributed by atoms with Crippen molar-refractivity contribution in [2.75, 3.05) is 33.4 Å². The first kappa shape index (κ1) is 25.9. The van der Waals surface area contributed by atoms with E-state index in [9.17, 15) is 9.59 Å². The summed E-state index contributed by atoms with van der Waals surface area (Å²) in [5.41, 5.74) is 1.29. The van der Waals surface area contributed by atoms with Gasteiger partial charge in [-0.25, -0.2) is 14.8 Å². The van der Waals surface area contributed by atoms with Crippen LogP contribution in [0.15, 0.2) is 12.4 Å². The average molecular weight is 494 g/mol. The zero-order chi connectivity index (χ0) is 24.9. The number of ether oxygens (including phenoxy) is 3. The molecule has 2 aromatic rings. The van der Waals surface area contributed by atoms with Crippen molar-refractivity contribution in [2.45, 2.75) is 57.9 Å². The molecule has 3 rings (SSSR count). The van der Waals surface area contributed by atoms with E-state index in [4.69, 9.17) is 19.3 Å². The zero-order valence-corrected chi connectivity index (χ0v) is 21.5. The van der Waals surface area contributed by atoms with Gasteiger partial charge in [0.2, 0.25) is 5.88 Å². The molecule has 2 atom stereocenters. The van der Waals surface area contributed by atoms with Gasteiger partial charge < -0.3 is 34.1 Å². The van der Waals surface area contributed by atoms with Crippen molar-refractivity contribution in [3.63, 3.8) is 0 Å². The van der Waals surface area contributed by atoms with Crippen LogP contribution < -0.4 is 10.1 Å². The Balaban J connectivity index is 1.81. The van der Waals surface area contributed by atoms with Gasteiger partial charge in [0, 0.05) is 47.0 Å². The van der Waals surface area contributed by atoms with Gasteiger partial charge in [-0.1, -0.05) is 19.6 Å². The highest BCUT2D eigenvalue weighted by Gasteiger charge is 2.28. The lowest BCUT2D eigenvalue weighted by atomic mass is 10.2. The van der Waals surface area contributed by atoms with Crippen LogP contribution >= 0.6 is 0 Å². The highest BCUT2D eigenvalue weighted by atomic mass is 28.3. The first-order chi connectivity index (χ1) is 16.1. The maximum Gasteiger partial charge on any atom is 0.407 e.